The summed E-state index contributed by atoms with van der Waals surface area (Å²) in [6.07, 6.45) is 1.91. The van der Waals surface area contributed by atoms with Gasteiger partial charge in [0.15, 0.2) is 0 Å². The van der Waals surface area contributed by atoms with Crippen LogP contribution >= 0.6 is 0 Å². The van der Waals surface area contributed by atoms with Gasteiger partial charge >= 0.3 is 6.03 Å². The van der Waals surface area contributed by atoms with Crippen LogP contribution in [0.5, 0.6) is 5.75 Å². The molecule has 1 aliphatic heterocycles. The van der Waals surface area contributed by atoms with Crippen molar-refractivity contribution in [1.29, 1.82) is 0 Å². The van der Waals surface area contributed by atoms with Gasteiger partial charge in [-0.2, -0.15) is 0 Å². The van der Waals surface area contributed by atoms with Crippen LogP contribution in [-0.4, -0.2) is 52.2 Å². The van der Waals surface area contributed by atoms with Crippen LogP contribution in [0.3, 0.4) is 0 Å². The minimum absolute atomic E-state index is 0.00778. The topological polar surface area (TPSA) is 108 Å². The predicted octanol–water partition coefficient (Wildman–Crippen LogP) is 1.74. The SMILES string of the molecule is CN1C(C)(C)CC(NC(=O)N[C@@H](Cc2ccc(O)cc2)C(N)=O)CC1(C)C. The number of nitrogens with two attached hydrogens (primary N) is 1. The van der Waals surface area contributed by atoms with E-state index in [0.717, 1.165) is 18.4 Å². The first-order valence-corrected chi connectivity index (χ1v) is 9.29. The highest BCUT2D eigenvalue weighted by atomic mass is 16.3. The summed E-state index contributed by atoms with van der Waals surface area (Å²) in [7, 11) is 2.11. The van der Waals surface area contributed by atoms with Crippen molar-refractivity contribution in [2.45, 2.75) is 70.1 Å². The second-order valence-electron chi connectivity index (χ2n) is 8.73. The molecule has 0 radical (unpaired) electrons. The minimum atomic E-state index is -0.818. The third-order valence-corrected chi connectivity index (χ3v) is 5.67. The lowest BCUT2D eigenvalue weighted by Gasteiger charge is -2.53. The highest BCUT2D eigenvalue weighted by Crippen LogP contribution is 2.36. The fraction of sp³-hybridized carbons (Fsp3) is 0.600. The number of nitrogens with one attached hydrogen (secondary N) is 2. The van der Waals surface area contributed by atoms with E-state index in [4.69, 9.17) is 5.73 Å². The van der Waals surface area contributed by atoms with Crippen molar-refractivity contribution in [3.63, 3.8) is 0 Å². The Morgan fingerprint density at radius 1 is 1.19 bits per heavy atom. The second kappa shape index (κ2) is 7.76. The lowest BCUT2D eigenvalue weighted by molar-refractivity contribution is -0.119. The first-order chi connectivity index (χ1) is 12.4. The molecule has 0 saturated carbocycles. The largest absolute Gasteiger partial charge is 0.508 e. The average Bonchev–Trinajstić information content (AvgIpc) is 2.53. The molecule has 0 aliphatic carbocycles. The Hall–Kier alpha value is -2.28. The molecule has 7 nitrogen and oxygen atoms in total. The van der Waals surface area contributed by atoms with Crippen LogP contribution in [0.2, 0.25) is 0 Å². The number of urea groups is 1. The zero-order valence-electron chi connectivity index (χ0n) is 16.9. The minimum Gasteiger partial charge on any atom is -0.508 e. The predicted molar refractivity (Wildman–Crippen MR) is 105 cm³/mol. The summed E-state index contributed by atoms with van der Waals surface area (Å²) in [4.78, 5) is 26.6. The molecule has 3 amide bonds. The molecule has 0 spiro atoms. The molecule has 0 aromatic heterocycles. The number of aromatic hydroxyl groups is 1. The van der Waals surface area contributed by atoms with E-state index in [1.54, 1.807) is 12.1 Å². The van der Waals surface area contributed by atoms with Gasteiger partial charge in [0.05, 0.1) is 0 Å². The highest BCUT2D eigenvalue weighted by Gasteiger charge is 2.43. The van der Waals surface area contributed by atoms with Gasteiger partial charge < -0.3 is 21.5 Å². The number of amides is 3. The molecule has 7 heteroatoms. The molecule has 1 aromatic rings. The summed E-state index contributed by atoms with van der Waals surface area (Å²) in [6, 6.07) is 5.28. The van der Waals surface area contributed by atoms with Gasteiger partial charge in [0.2, 0.25) is 5.91 Å². The van der Waals surface area contributed by atoms with Gasteiger partial charge in [-0.15, -0.1) is 0 Å². The molecule has 1 saturated heterocycles. The molecule has 1 aromatic carbocycles. The van der Waals surface area contributed by atoms with Gasteiger partial charge in [0.1, 0.15) is 11.8 Å². The van der Waals surface area contributed by atoms with Gasteiger partial charge in [0.25, 0.3) is 0 Å². The van der Waals surface area contributed by atoms with E-state index in [-0.39, 0.29) is 29.3 Å². The summed E-state index contributed by atoms with van der Waals surface area (Å²) in [5.74, 6) is -0.449. The number of nitrogens with zero attached hydrogens (tertiary/aromatic N) is 1. The maximum atomic E-state index is 12.5. The lowest BCUT2D eigenvalue weighted by Crippen LogP contribution is -2.63. The second-order valence-corrected chi connectivity index (χ2v) is 8.73. The molecule has 1 fully saturated rings. The smallest absolute Gasteiger partial charge is 0.315 e. The fourth-order valence-electron chi connectivity index (χ4n) is 3.95. The molecular formula is C20H32N4O3. The number of piperidine rings is 1. The molecule has 27 heavy (non-hydrogen) atoms. The Bertz CT molecular complexity index is 667. The number of benzene rings is 1. The molecular weight excluding hydrogens is 344 g/mol. The standard InChI is InChI=1S/C20H32N4O3/c1-19(2)11-14(12-20(3,4)24(19)5)22-18(27)23-16(17(21)26)10-13-6-8-15(25)9-7-13/h6-9,14,16,25H,10-12H2,1-5H3,(H2,21,26)(H2,22,23,27)/t16-/m0/s1. The van der Waals surface area contributed by atoms with E-state index in [2.05, 4.69) is 50.3 Å². The Morgan fingerprint density at radius 3 is 2.19 bits per heavy atom. The molecule has 0 bridgehead atoms. The number of phenols is 1. The maximum absolute atomic E-state index is 12.5. The van der Waals surface area contributed by atoms with Crippen LogP contribution < -0.4 is 16.4 Å². The van der Waals surface area contributed by atoms with Crippen molar-refractivity contribution in [2.24, 2.45) is 5.73 Å². The van der Waals surface area contributed by atoms with Crippen LogP contribution in [0.15, 0.2) is 24.3 Å². The number of likely N-dealkylation sites (tertiary alicyclic amines) is 1. The number of rotatable bonds is 5. The quantitative estimate of drug-likeness (QED) is 0.628. The third kappa shape index (κ3) is 5.35. The highest BCUT2D eigenvalue weighted by molar-refractivity contribution is 5.86. The molecule has 0 unspecified atom stereocenters. The summed E-state index contributed by atoms with van der Waals surface area (Å²) < 4.78 is 0. The molecule has 1 heterocycles. The van der Waals surface area contributed by atoms with Gasteiger partial charge in [-0.25, -0.2) is 4.79 Å². The number of primary amides is 1. The zero-order valence-corrected chi connectivity index (χ0v) is 16.9. The van der Waals surface area contributed by atoms with Crippen LogP contribution in [0.25, 0.3) is 0 Å². The summed E-state index contributed by atoms with van der Waals surface area (Å²) >= 11 is 0. The normalized spacial score (nSPS) is 20.6. The Balaban J connectivity index is 1.99. The van der Waals surface area contributed by atoms with Crippen LogP contribution in [0.1, 0.15) is 46.1 Å². The number of hydrogen-bond donors (Lipinski definition) is 4. The fourth-order valence-corrected chi connectivity index (χ4v) is 3.95. The van der Waals surface area contributed by atoms with Crippen molar-refractivity contribution in [1.82, 2.24) is 15.5 Å². The van der Waals surface area contributed by atoms with E-state index in [0.29, 0.717) is 0 Å². The Labute approximate surface area is 161 Å². The van der Waals surface area contributed by atoms with Gasteiger partial charge in [0, 0.05) is 23.5 Å². The first-order valence-electron chi connectivity index (χ1n) is 9.29. The third-order valence-electron chi connectivity index (χ3n) is 5.67. The lowest BCUT2D eigenvalue weighted by atomic mass is 9.77. The zero-order chi connectivity index (χ0) is 20.4. The average molecular weight is 377 g/mol. The Morgan fingerprint density at radius 2 is 1.70 bits per heavy atom. The number of phenolic OH excluding ortho intramolecular Hbond substituents is 1. The first kappa shape index (κ1) is 21.0. The van der Waals surface area contributed by atoms with E-state index in [1.165, 1.54) is 12.1 Å². The Kier molecular flexibility index (Phi) is 6.04. The van der Waals surface area contributed by atoms with Crippen LogP contribution in [0, 0.1) is 0 Å². The molecule has 2 rings (SSSR count). The van der Waals surface area contributed by atoms with E-state index < -0.39 is 18.0 Å². The van der Waals surface area contributed by atoms with Gasteiger partial charge in [-0.1, -0.05) is 12.1 Å². The summed E-state index contributed by atoms with van der Waals surface area (Å²) in [6.45, 7) is 8.66. The monoisotopic (exact) mass is 376 g/mol. The van der Waals surface area contributed by atoms with E-state index in [9.17, 15) is 14.7 Å². The summed E-state index contributed by atoms with van der Waals surface area (Å²) in [5, 5.41) is 15.1. The van der Waals surface area contributed by atoms with Crippen molar-refractivity contribution in [2.75, 3.05) is 7.05 Å². The molecule has 5 N–H and O–H groups in total. The number of carbonyl (C=O) groups excluding carboxylic acids is 2. The maximum Gasteiger partial charge on any atom is 0.315 e. The van der Waals surface area contributed by atoms with Crippen LogP contribution in [0.4, 0.5) is 4.79 Å². The van der Waals surface area contributed by atoms with Gasteiger partial charge in [-0.3, -0.25) is 9.69 Å². The van der Waals surface area contributed by atoms with Crippen molar-refractivity contribution in [3.05, 3.63) is 29.8 Å². The molecule has 1 atom stereocenters. The summed E-state index contributed by atoms with van der Waals surface area (Å²) in [5.41, 5.74) is 6.17. The number of carbonyl (C=O) groups is 2. The van der Waals surface area contributed by atoms with Gasteiger partial charge in [-0.05, 0) is 65.3 Å². The molecule has 150 valence electrons. The number of hydrogen-bond acceptors (Lipinski definition) is 4. The van der Waals surface area contributed by atoms with Crippen LogP contribution in [-0.2, 0) is 11.2 Å². The van der Waals surface area contributed by atoms with Crippen molar-refractivity contribution < 1.29 is 14.7 Å². The van der Waals surface area contributed by atoms with E-state index >= 15 is 0 Å². The van der Waals surface area contributed by atoms with Crippen molar-refractivity contribution >= 4 is 11.9 Å². The van der Waals surface area contributed by atoms with Crippen molar-refractivity contribution in [3.8, 4) is 5.75 Å². The van der Waals surface area contributed by atoms with E-state index in [1.807, 2.05) is 0 Å². The molecule has 1 aliphatic rings.